The van der Waals surface area contributed by atoms with Gasteiger partial charge < -0.3 is 10.2 Å². The molecule has 2 amide bonds. The summed E-state index contributed by atoms with van der Waals surface area (Å²) in [6, 6.07) is 0.586. The van der Waals surface area contributed by atoms with E-state index in [-0.39, 0.29) is 6.03 Å². The van der Waals surface area contributed by atoms with E-state index in [1.807, 2.05) is 16.7 Å². The van der Waals surface area contributed by atoms with Crippen molar-refractivity contribution in [3.05, 3.63) is 0 Å². The fraction of sp³-hybridized carbons (Fsp3) is 0.889. The lowest BCUT2D eigenvalue weighted by Crippen LogP contribution is -2.43. The number of likely N-dealkylation sites (tertiary alicyclic amines) is 1. The zero-order chi connectivity index (χ0) is 9.10. The summed E-state index contributed by atoms with van der Waals surface area (Å²) in [6.45, 7) is 1.90. The van der Waals surface area contributed by atoms with Gasteiger partial charge in [-0.1, -0.05) is 0 Å². The Balaban J connectivity index is 1.76. The third-order valence-electron chi connectivity index (χ3n) is 2.65. The summed E-state index contributed by atoms with van der Waals surface area (Å²) in [7, 11) is 0. The Hall–Kier alpha value is -0.380. The molecule has 4 heteroatoms. The Morgan fingerprint density at radius 1 is 1.38 bits per heavy atom. The van der Waals surface area contributed by atoms with Gasteiger partial charge >= 0.3 is 6.03 Å². The minimum Gasteiger partial charge on any atom is -0.334 e. The lowest BCUT2D eigenvalue weighted by Gasteiger charge is -2.19. The lowest BCUT2D eigenvalue weighted by atomic mass is 10.3. The second-order valence-electron chi connectivity index (χ2n) is 3.70. The quantitative estimate of drug-likeness (QED) is 0.692. The number of amides is 2. The summed E-state index contributed by atoms with van der Waals surface area (Å²) in [6.07, 6.45) is 3.49. The fourth-order valence-corrected chi connectivity index (χ4v) is 2.99. The Morgan fingerprint density at radius 3 is 2.77 bits per heavy atom. The molecule has 0 bridgehead atoms. The molecule has 0 aliphatic carbocycles. The van der Waals surface area contributed by atoms with E-state index in [1.165, 1.54) is 18.6 Å². The number of urea groups is 1. The van der Waals surface area contributed by atoms with Gasteiger partial charge in [-0.15, -0.1) is 0 Å². The van der Waals surface area contributed by atoms with Crippen LogP contribution in [0.4, 0.5) is 4.79 Å². The normalized spacial score (nSPS) is 28.0. The number of nitrogens with zero attached hydrogens (tertiary/aromatic N) is 1. The Kier molecular flexibility index (Phi) is 2.98. The molecule has 2 fully saturated rings. The lowest BCUT2D eigenvalue weighted by molar-refractivity contribution is 0.205. The first-order valence-electron chi connectivity index (χ1n) is 4.99. The highest BCUT2D eigenvalue weighted by atomic mass is 32.2. The maximum Gasteiger partial charge on any atom is 0.317 e. The largest absolute Gasteiger partial charge is 0.334 e. The molecule has 1 unspecified atom stereocenters. The second-order valence-corrected chi connectivity index (χ2v) is 4.85. The molecule has 2 aliphatic rings. The molecule has 13 heavy (non-hydrogen) atoms. The molecule has 2 aliphatic heterocycles. The molecule has 0 aromatic rings. The topological polar surface area (TPSA) is 32.3 Å². The molecular formula is C9H16N2OS. The van der Waals surface area contributed by atoms with Crippen LogP contribution in [0.2, 0.25) is 0 Å². The number of rotatable bonds is 1. The Bertz CT molecular complexity index is 186. The standard InChI is InChI=1S/C9H16N2OS/c12-9(11-4-1-2-5-11)10-8-3-6-13-7-8/h8H,1-7H2,(H,10,12). The van der Waals surface area contributed by atoms with Crippen molar-refractivity contribution in [2.75, 3.05) is 24.6 Å². The number of nitrogens with one attached hydrogen (secondary N) is 1. The SMILES string of the molecule is O=C(NC1CCSC1)N1CCCC1. The van der Waals surface area contributed by atoms with Gasteiger partial charge in [-0.25, -0.2) is 4.79 Å². The van der Waals surface area contributed by atoms with Crippen LogP contribution in [-0.2, 0) is 0 Å². The van der Waals surface area contributed by atoms with Crippen LogP contribution < -0.4 is 5.32 Å². The van der Waals surface area contributed by atoms with Gasteiger partial charge in [0, 0.05) is 24.9 Å². The van der Waals surface area contributed by atoms with Crippen LogP contribution >= 0.6 is 11.8 Å². The minimum atomic E-state index is 0.157. The van der Waals surface area contributed by atoms with E-state index in [2.05, 4.69) is 5.32 Å². The van der Waals surface area contributed by atoms with Crippen LogP contribution in [-0.4, -0.2) is 41.6 Å². The van der Waals surface area contributed by atoms with E-state index >= 15 is 0 Å². The Morgan fingerprint density at radius 2 is 2.15 bits per heavy atom. The van der Waals surface area contributed by atoms with Crippen LogP contribution in [0.1, 0.15) is 19.3 Å². The summed E-state index contributed by atoms with van der Waals surface area (Å²) in [5.41, 5.74) is 0. The molecule has 0 aromatic heterocycles. The molecule has 3 nitrogen and oxygen atoms in total. The van der Waals surface area contributed by atoms with Crippen LogP contribution in [0, 0.1) is 0 Å². The van der Waals surface area contributed by atoms with Crippen molar-refractivity contribution in [2.24, 2.45) is 0 Å². The molecule has 2 rings (SSSR count). The highest BCUT2D eigenvalue weighted by Gasteiger charge is 2.22. The molecule has 1 atom stereocenters. The zero-order valence-electron chi connectivity index (χ0n) is 7.79. The van der Waals surface area contributed by atoms with Gasteiger partial charge in [0.05, 0.1) is 0 Å². The number of thioether (sulfide) groups is 1. The first-order chi connectivity index (χ1) is 6.36. The van der Waals surface area contributed by atoms with Crippen LogP contribution in [0.5, 0.6) is 0 Å². The summed E-state index contributed by atoms with van der Waals surface area (Å²) in [5.74, 6) is 2.30. The number of hydrogen-bond donors (Lipinski definition) is 1. The summed E-state index contributed by atoms with van der Waals surface area (Å²) >= 11 is 1.93. The van der Waals surface area contributed by atoms with Crippen LogP contribution in [0.15, 0.2) is 0 Å². The van der Waals surface area contributed by atoms with E-state index in [1.54, 1.807) is 0 Å². The third-order valence-corrected chi connectivity index (χ3v) is 3.81. The minimum absolute atomic E-state index is 0.157. The first kappa shape index (κ1) is 9.19. The van der Waals surface area contributed by atoms with Crippen LogP contribution in [0.3, 0.4) is 0 Å². The molecule has 0 aromatic carbocycles. The van der Waals surface area contributed by atoms with E-state index in [4.69, 9.17) is 0 Å². The van der Waals surface area contributed by atoms with Crippen LogP contribution in [0.25, 0.3) is 0 Å². The maximum atomic E-state index is 11.6. The monoisotopic (exact) mass is 200 g/mol. The Labute approximate surface area is 83.2 Å². The van der Waals surface area contributed by atoms with E-state index < -0.39 is 0 Å². The maximum absolute atomic E-state index is 11.6. The average molecular weight is 200 g/mol. The second kappa shape index (κ2) is 4.22. The highest BCUT2D eigenvalue weighted by molar-refractivity contribution is 7.99. The molecule has 0 saturated carbocycles. The molecule has 1 N–H and O–H groups in total. The summed E-state index contributed by atoms with van der Waals surface area (Å²) in [5, 5.41) is 3.09. The third kappa shape index (κ3) is 2.30. The average Bonchev–Trinajstić information content (AvgIpc) is 2.74. The van der Waals surface area contributed by atoms with Crippen molar-refractivity contribution in [3.8, 4) is 0 Å². The van der Waals surface area contributed by atoms with Crippen molar-refractivity contribution in [2.45, 2.75) is 25.3 Å². The molecule has 2 heterocycles. The van der Waals surface area contributed by atoms with E-state index in [0.717, 1.165) is 25.3 Å². The van der Waals surface area contributed by atoms with Gasteiger partial charge in [0.25, 0.3) is 0 Å². The first-order valence-corrected chi connectivity index (χ1v) is 6.15. The zero-order valence-corrected chi connectivity index (χ0v) is 8.61. The van der Waals surface area contributed by atoms with Crippen molar-refractivity contribution in [1.82, 2.24) is 10.2 Å². The van der Waals surface area contributed by atoms with Crippen molar-refractivity contribution >= 4 is 17.8 Å². The smallest absolute Gasteiger partial charge is 0.317 e. The summed E-state index contributed by atoms with van der Waals surface area (Å²) in [4.78, 5) is 13.5. The van der Waals surface area contributed by atoms with Gasteiger partial charge in [-0.3, -0.25) is 0 Å². The van der Waals surface area contributed by atoms with Crippen molar-refractivity contribution < 1.29 is 4.79 Å². The van der Waals surface area contributed by atoms with Gasteiger partial charge in [0.1, 0.15) is 0 Å². The molecule has 74 valence electrons. The molecule has 0 radical (unpaired) electrons. The van der Waals surface area contributed by atoms with Crippen molar-refractivity contribution in [1.29, 1.82) is 0 Å². The van der Waals surface area contributed by atoms with Gasteiger partial charge in [0.2, 0.25) is 0 Å². The molecule has 2 saturated heterocycles. The predicted octanol–water partition coefficient (Wildman–Crippen LogP) is 1.30. The summed E-state index contributed by atoms with van der Waals surface area (Å²) < 4.78 is 0. The molecular weight excluding hydrogens is 184 g/mol. The number of hydrogen-bond acceptors (Lipinski definition) is 2. The van der Waals surface area contributed by atoms with E-state index in [9.17, 15) is 4.79 Å². The highest BCUT2D eigenvalue weighted by Crippen LogP contribution is 2.17. The predicted molar refractivity (Wildman–Crippen MR) is 55.1 cm³/mol. The number of carbonyl (C=O) groups excluding carboxylic acids is 1. The van der Waals surface area contributed by atoms with Gasteiger partial charge in [0.15, 0.2) is 0 Å². The van der Waals surface area contributed by atoms with Gasteiger partial charge in [-0.05, 0) is 25.0 Å². The number of carbonyl (C=O) groups is 1. The van der Waals surface area contributed by atoms with Gasteiger partial charge in [-0.2, -0.15) is 11.8 Å². The molecule has 0 spiro atoms. The van der Waals surface area contributed by atoms with Crippen molar-refractivity contribution in [3.63, 3.8) is 0 Å². The van der Waals surface area contributed by atoms with E-state index in [0.29, 0.717) is 6.04 Å². The fourth-order valence-electron chi connectivity index (χ4n) is 1.83.